The van der Waals surface area contributed by atoms with E-state index in [0.29, 0.717) is 6.42 Å². The van der Waals surface area contributed by atoms with Gasteiger partial charge in [-0.2, -0.15) is 26.3 Å². The van der Waals surface area contributed by atoms with Gasteiger partial charge in [-0.15, -0.1) is 0 Å². The van der Waals surface area contributed by atoms with E-state index in [1.165, 1.54) is 0 Å². The minimum Gasteiger partial charge on any atom is -0.167 e. The van der Waals surface area contributed by atoms with Gasteiger partial charge >= 0.3 is 12.4 Å². The first-order valence-corrected chi connectivity index (χ1v) is 4.02. The van der Waals surface area contributed by atoms with Gasteiger partial charge in [0.15, 0.2) is 0 Å². The molecule has 0 saturated carbocycles. The highest BCUT2D eigenvalue weighted by Crippen LogP contribution is 2.33. The Morgan fingerprint density at radius 3 is 1.86 bits per heavy atom. The van der Waals surface area contributed by atoms with Crippen molar-refractivity contribution in [1.29, 1.82) is 0 Å². The van der Waals surface area contributed by atoms with Crippen molar-refractivity contribution < 1.29 is 26.3 Å². The van der Waals surface area contributed by atoms with Gasteiger partial charge in [-0.1, -0.05) is 13.3 Å². The molecule has 0 spiro atoms. The maximum Gasteiger partial charge on any atom is 0.412 e. The molecule has 0 aliphatic carbocycles. The van der Waals surface area contributed by atoms with E-state index in [9.17, 15) is 26.3 Å². The Bertz CT molecular complexity index is 197. The van der Waals surface area contributed by atoms with Gasteiger partial charge in [0.05, 0.1) is 0 Å². The van der Waals surface area contributed by atoms with E-state index in [1.807, 2.05) is 0 Å². The van der Waals surface area contributed by atoms with Crippen molar-refractivity contribution in [1.82, 2.24) is 0 Å². The predicted octanol–water partition coefficient (Wildman–Crippen LogP) is 4.23. The van der Waals surface area contributed by atoms with Crippen molar-refractivity contribution in [2.24, 2.45) is 0 Å². The van der Waals surface area contributed by atoms with E-state index < -0.39 is 30.4 Å². The molecule has 0 aliphatic rings. The summed E-state index contributed by atoms with van der Waals surface area (Å²) in [5.41, 5.74) is -1.51. The summed E-state index contributed by atoms with van der Waals surface area (Å²) >= 11 is 0. The Labute approximate surface area is 77.6 Å². The van der Waals surface area contributed by atoms with E-state index in [0.717, 1.165) is 0 Å². The van der Waals surface area contributed by atoms with Gasteiger partial charge in [0.25, 0.3) is 0 Å². The summed E-state index contributed by atoms with van der Waals surface area (Å²) in [4.78, 5) is 0. The summed E-state index contributed by atoms with van der Waals surface area (Å²) in [5.74, 6) is 0. The highest BCUT2D eigenvalue weighted by atomic mass is 19.4. The summed E-state index contributed by atoms with van der Waals surface area (Å²) < 4.78 is 71.1. The molecule has 0 heterocycles. The maximum absolute atomic E-state index is 12.0. The van der Waals surface area contributed by atoms with E-state index in [2.05, 4.69) is 0 Å². The number of unbranched alkanes of at least 4 members (excludes halogenated alkanes) is 1. The van der Waals surface area contributed by atoms with Crippen LogP contribution >= 0.6 is 0 Å². The lowest BCUT2D eigenvalue weighted by molar-refractivity contribution is -0.109. The zero-order valence-electron chi connectivity index (χ0n) is 7.47. The van der Waals surface area contributed by atoms with Crippen LogP contribution in [-0.4, -0.2) is 12.4 Å². The van der Waals surface area contributed by atoms with Crippen LogP contribution in [0.1, 0.15) is 26.2 Å². The van der Waals surface area contributed by atoms with Crippen LogP contribution in [0, 0.1) is 0 Å². The summed E-state index contributed by atoms with van der Waals surface area (Å²) in [6.07, 6.45) is -10.5. The summed E-state index contributed by atoms with van der Waals surface area (Å²) in [6.45, 7) is 1.61. The minimum absolute atomic E-state index is 0.0986. The molecular formula is C8H10F6. The average molecular weight is 220 g/mol. The molecule has 0 aliphatic heterocycles. The Balaban J connectivity index is 4.65. The van der Waals surface area contributed by atoms with Crippen molar-refractivity contribution in [2.45, 2.75) is 38.5 Å². The van der Waals surface area contributed by atoms with Crippen LogP contribution in [0.25, 0.3) is 0 Å². The van der Waals surface area contributed by atoms with Gasteiger partial charge in [0, 0.05) is 11.6 Å². The number of rotatable bonds is 3. The summed E-state index contributed by atoms with van der Waals surface area (Å²) in [6, 6.07) is 0. The quantitative estimate of drug-likeness (QED) is 0.493. The lowest BCUT2D eigenvalue weighted by Gasteiger charge is -2.12. The van der Waals surface area contributed by atoms with Crippen molar-refractivity contribution in [3.63, 3.8) is 0 Å². The minimum atomic E-state index is -4.90. The number of hydrogen-bond donors (Lipinski definition) is 0. The Morgan fingerprint density at radius 2 is 1.57 bits per heavy atom. The fourth-order valence-electron chi connectivity index (χ4n) is 0.861. The molecule has 0 rings (SSSR count). The lowest BCUT2D eigenvalue weighted by Crippen LogP contribution is -2.16. The molecule has 0 N–H and O–H groups in total. The fourth-order valence-corrected chi connectivity index (χ4v) is 0.861. The molecule has 0 aromatic carbocycles. The van der Waals surface area contributed by atoms with Crippen molar-refractivity contribution >= 4 is 0 Å². The van der Waals surface area contributed by atoms with E-state index in [4.69, 9.17) is 0 Å². The van der Waals surface area contributed by atoms with E-state index in [1.54, 1.807) is 6.92 Å². The van der Waals surface area contributed by atoms with Gasteiger partial charge in [-0.3, -0.25) is 0 Å². The van der Waals surface area contributed by atoms with Crippen molar-refractivity contribution in [2.75, 3.05) is 0 Å². The molecule has 0 saturated heterocycles. The average Bonchev–Trinajstić information content (AvgIpc) is 1.93. The molecule has 0 fully saturated rings. The zero-order valence-corrected chi connectivity index (χ0v) is 7.47. The highest BCUT2D eigenvalue weighted by Gasteiger charge is 2.37. The monoisotopic (exact) mass is 220 g/mol. The number of alkyl halides is 6. The first-order chi connectivity index (χ1) is 6.17. The predicted molar refractivity (Wildman–Crippen MR) is 39.7 cm³/mol. The number of halogens is 6. The maximum atomic E-state index is 12.0. The Morgan fingerprint density at radius 1 is 1.07 bits per heavy atom. The van der Waals surface area contributed by atoms with Crippen LogP contribution in [0.15, 0.2) is 11.6 Å². The van der Waals surface area contributed by atoms with Crippen molar-refractivity contribution in [3.8, 4) is 0 Å². The first-order valence-electron chi connectivity index (χ1n) is 4.02. The smallest absolute Gasteiger partial charge is 0.167 e. The summed E-state index contributed by atoms with van der Waals surface area (Å²) in [5, 5.41) is 0. The van der Waals surface area contributed by atoms with Gasteiger partial charge in [-0.25, -0.2) is 0 Å². The van der Waals surface area contributed by atoms with Crippen LogP contribution in [0.2, 0.25) is 0 Å². The molecule has 14 heavy (non-hydrogen) atoms. The zero-order chi connectivity index (χ0) is 11.4. The van der Waals surface area contributed by atoms with Crippen LogP contribution in [0.3, 0.4) is 0 Å². The third-order valence-electron chi connectivity index (χ3n) is 1.50. The van der Waals surface area contributed by atoms with Gasteiger partial charge in [0.2, 0.25) is 0 Å². The standard InChI is InChI=1S/C8H10F6/c1-2-3-4-6(8(12,13)14)5-7(9,10)11/h5H,2-4H2,1H3/b6-5+. The normalized spacial score (nSPS) is 14.6. The van der Waals surface area contributed by atoms with Crippen LogP contribution < -0.4 is 0 Å². The van der Waals surface area contributed by atoms with E-state index in [-0.39, 0.29) is 6.42 Å². The highest BCUT2D eigenvalue weighted by molar-refractivity contribution is 5.11. The molecule has 6 heteroatoms. The molecule has 0 atom stereocenters. The Kier molecular flexibility index (Phi) is 4.48. The number of allylic oxidation sites excluding steroid dienone is 2. The molecule has 0 amide bonds. The SMILES string of the molecule is CCCC/C(=C\C(F)(F)F)C(F)(F)F. The van der Waals surface area contributed by atoms with Gasteiger partial charge in [-0.05, 0) is 12.8 Å². The summed E-state index contributed by atoms with van der Waals surface area (Å²) in [7, 11) is 0. The largest absolute Gasteiger partial charge is 0.412 e. The lowest BCUT2D eigenvalue weighted by atomic mass is 10.1. The second-order valence-electron chi connectivity index (χ2n) is 2.81. The molecule has 0 unspecified atom stereocenters. The molecule has 0 nitrogen and oxygen atoms in total. The van der Waals surface area contributed by atoms with Crippen molar-refractivity contribution in [3.05, 3.63) is 11.6 Å². The van der Waals surface area contributed by atoms with E-state index >= 15 is 0 Å². The van der Waals surface area contributed by atoms with Crippen LogP contribution in [-0.2, 0) is 0 Å². The third-order valence-corrected chi connectivity index (χ3v) is 1.50. The first kappa shape index (κ1) is 13.3. The molecule has 84 valence electrons. The van der Waals surface area contributed by atoms with Gasteiger partial charge in [0.1, 0.15) is 0 Å². The van der Waals surface area contributed by atoms with Crippen LogP contribution in [0.4, 0.5) is 26.3 Å². The second-order valence-corrected chi connectivity index (χ2v) is 2.81. The fraction of sp³-hybridized carbons (Fsp3) is 0.750. The third kappa shape index (κ3) is 5.88. The molecule has 0 aromatic rings. The molecule has 0 bridgehead atoms. The topological polar surface area (TPSA) is 0 Å². The molecule has 0 aromatic heterocycles. The second kappa shape index (κ2) is 4.70. The molecule has 0 radical (unpaired) electrons. The van der Waals surface area contributed by atoms with Crippen LogP contribution in [0.5, 0.6) is 0 Å². The molecular weight excluding hydrogens is 210 g/mol. The van der Waals surface area contributed by atoms with Gasteiger partial charge < -0.3 is 0 Å². The number of hydrogen-bond acceptors (Lipinski definition) is 0. The Hall–Kier alpha value is -0.680.